The molecule has 1 aromatic heterocycles. The molecule has 0 spiro atoms. The number of rotatable bonds is 5. The third kappa shape index (κ3) is 4.84. The van der Waals surface area contributed by atoms with Crippen LogP contribution in [0.5, 0.6) is 0 Å². The van der Waals surface area contributed by atoms with Crippen molar-refractivity contribution >= 4 is 6.09 Å². The zero-order chi connectivity index (χ0) is 20.9. The molecule has 162 valence electrons. The standard InChI is InChI=1S/C23H33N5O2/c1-3-30-23(29)27-14-12-26(13-15-27)21-8-5-10-25(17-21)18-22-24-9-11-28(22)20-7-4-6-19(2)16-20/h4,6-7,9,11,16,21H,3,5,8,10,12-15,17-18H2,1-2H3/t21-/m0/s1. The molecule has 0 aliphatic carbocycles. The molecule has 30 heavy (non-hydrogen) atoms. The van der Waals surface area contributed by atoms with Gasteiger partial charge in [-0.2, -0.15) is 0 Å². The Kier molecular flexibility index (Phi) is 6.69. The van der Waals surface area contributed by atoms with Crippen LogP contribution in [0, 0.1) is 6.92 Å². The largest absolute Gasteiger partial charge is 0.450 e. The zero-order valence-corrected chi connectivity index (χ0v) is 18.2. The number of carbonyl (C=O) groups is 1. The SMILES string of the molecule is CCOC(=O)N1CCN([C@H]2CCCN(Cc3nccn3-c3cccc(C)c3)C2)CC1. The molecule has 7 nitrogen and oxygen atoms in total. The lowest BCUT2D eigenvalue weighted by atomic mass is 10.0. The van der Waals surface area contributed by atoms with Crippen LogP contribution < -0.4 is 0 Å². The zero-order valence-electron chi connectivity index (χ0n) is 18.2. The smallest absolute Gasteiger partial charge is 0.409 e. The van der Waals surface area contributed by atoms with Crippen molar-refractivity contribution < 1.29 is 9.53 Å². The number of aromatic nitrogens is 2. The highest BCUT2D eigenvalue weighted by Crippen LogP contribution is 2.21. The fourth-order valence-corrected chi connectivity index (χ4v) is 4.62. The lowest BCUT2D eigenvalue weighted by Crippen LogP contribution is -2.55. The molecule has 1 atom stereocenters. The molecule has 2 saturated heterocycles. The van der Waals surface area contributed by atoms with Crippen molar-refractivity contribution in [3.63, 3.8) is 0 Å². The molecule has 2 fully saturated rings. The summed E-state index contributed by atoms with van der Waals surface area (Å²) in [5.41, 5.74) is 2.43. The van der Waals surface area contributed by atoms with E-state index in [1.54, 1.807) is 0 Å². The summed E-state index contributed by atoms with van der Waals surface area (Å²) in [4.78, 5) is 23.5. The van der Waals surface area contributed by atoms with Gasteiger partial charge in [0.1, 0.15) is 5.82 Å². The van der Waals surface area contributed by atoms with Crippen LogP contribution in [0.1, 0.15) is 31.2 Å². The molecule has 0 N–H and O–H groups in total. The molecule has 1 aromatic carbocycles. The molecule has 0 bridgehead atoms. The summed E-state index contributed by atoms with van der Waals surface area (Å²) in [5.74, 6) is 1.09. The van der Waals surface area contributed by atoms with Crippen LogP contribution in [-0.4, -0.2) is 82.3 Å². The van der Waals surface area contributed by atoms with E-state index in [-0.39, 0.29) is 6.09 Å². The van der Waals surface area contributed by atoms with E-state index in [0.717, 1.165) is 51.6 Å². The minimum absolute atomic E-state index is 0.176. The molecular formula is C23H33N5O2. The lowest BCUT2D eigenvalue weighted by Gasteiger charge is -2.43. The summed E-state index contributed by atoms with van der Waals surface area (Å²) in [7, 11) is 0. The van der Waals surface area contributed by atoms with Crippen LogP contribution in [0.4, 0.5) is 4.79 Å². The number of benzene rings is 1. The van der Waals surface area contributed by atoms with Gasteiger partial charge in [-0.05, 0) is 50.9 Å². The maximum atomic E-state index is 11.9. The number of amides is 1. The van der Waals surface area contributed by atoms with Crippen LogP contribution in [0.25, 0.3) is 5.69 Å². The second kappa shape index (κ2) is 9.62. The van der Waals surface area contributed by atoms with Crippen LogP contribution in [-0.2, 0) is 11.3 Å². The van der Waals surface area contributed by atoms with Crippen molar-refractivity contribution in [1.82, 2.24) is 24.3 Å². The monoisotopic (exact) mass is 411 g/mol. The van der Waals surface area contributed by atoms with Crippen molar-refractivity contribution in [1.29, 1.82) is 0 Å². The Bertz CT molecular complexity index is 844. The number of piperidine rings is 1. The van der Waals surface area contributed by atoms with Crippen molar-refractivity contribution in [3.8, 4) is 5.69 Å². The van der Waals surface area contributed by atoms with Gasteiger partial charge in [-0.1, -0.05) is 12.1 Å². The van der Waals surface area contributed by atoms with E-state index in [4.69, 9.17) is 4.74 Å². The van der Waals surface area contributed by atoms with Crippen LogP contribution in [0.15, 0.2) is 36.7 Å². The van der Waals surface area contributed by atoms with Gasteiger partial charge in [-0.3, -0.25) is 9.80 Å². The topological polar surface area (TPSA) is 53.8 Å². The predicted octanol–water partition coefficient (Wildman–Crippen LogP) is 2.92. The van der Waals surface area contributed by atoms with Gasteiger partial charge in [-0.15, -0.1) is 0 Å². The van der Waals surface area contributed by atoms with E-state index < -0.39 is 0 Å². The highest BCUT2D eigenvalue weighted by Gasteiger charge is 2.30. The number of imidazole rings is 1. The normalized spacial score (nSPS) is 21.0. The van der Waals surface area contributed by atoms with Gasteiger partial charge in [-0.25, -0.2) is 9.78 Å². The fourth-order valence-electron chi connectivity index (χ4n) is 4.62. The number of aryl methyl sites for hydroxylation is 1. The van der Waals surface area contributed by atoms with E-state index in [9.17, 15) is 4.79 Å². The number of ether oxygens (including phenoxy) is 1. The minimum atomic E-state index is -0.176. The summed E-state index contributed by atoms with van der Waals surface area (Å²) in [5, 5.41) is 0. The second-order valence-corrected chi connectivity index (χ2v) is 8.31. The average Bonchev–Trinajstić information content (AvgIpc) is 3.22. The summed E-state index contributed by atoms with van der Waals surface area (Å²) in [6, 6.07) is 9.11. The van der Waals surface area contributed by atoms with E-state index in [1.165, 1.54) is 24.1 Å². The number of hydrogen-bond acceptors (Lipinski definition) is 5. The number of likely N-dealkylation sites (tertiary alicyclic amines) is 1. The Balaban J connectivity index is 1.35. The van der Waals surface area contributed by atoms with E-state index >= 15 is 0 Å². The van der Waals surface area contributed by atoms with Crippen LogP contribution >= 0.6 is 0 Å². The van der Waals surface area contributed by atoms with Gasteiger partial charge in [0.05, 0.1) is 13.2 Å². The number of carbonyl (C=O) groups excluding carboxylic acids is 1. The molecular weight excluding hydrogens is 378 g/mol. The molecule has 2 aliphatic heterocycles. The van der Waals surface area contributed by atoms with Crippen LogP contribution in [0.2, 0.25) is 0 Å². The van der Waals surface area contributed by atoms with Gasteiger partial charge in [0.15, 0.2) is 0 Å². The van der Waals surface area contributed by atoms with Gasteiger partial charge >= 0.3 is 6.09 Å². The summed E-state index contributed by atoms with van der Waals surface area (Å²) < 4.78 is 7.35. The summed E-state index contributed by atoms with van der Waals surface area (Å²) in [6.45, 7) is 10.8. The van der Waals surface area contributed by atoms with Crippen molar-refractivity contribution in [2.24, 2.45) is 0 Å². The highest BCUT2D eigenvalue weighted by atomic mass is 16.6. The third-order valence-corrected chi connectivity index (χ3v) is 6.20. The van der Waals surface area contributed by atoms with Crippen molar-refractivity contribution in [3.05, 3.63) is 48.0 Å². The molecule has 7 heteroatoms. The molecule has 2 aromatic rings. The first kappa shape index (κ1) is 20.9. The van der Waals surface area contributed by atoms with E-state index in [2.05, 4.69) is 56.7 Å². The Labute approximate surface area is 179 Å². The number of nitrogens with zero attached hydrogens (tertiary/aromatic N) is 5. The maximum absolute atomic E-state index is 11.9. The first-order chi connectivity index (χ1) is 14.6. The first-order valence-electron chi connectivity index (χ1n) is 11.1. The van der Waals surface area contributed by atoms with Gasteiger partial charge in [0, 0.05) is 56.8 Å². The highest BCUT2D eigenvalue weighted by molar-refractivity contribution is 5.67. The summed E-state index contributed by atoms with van der Waals surface area (Å²) >= 11 is 0. The van der Waals surface area contributed by atoms with Crippen molar-refractivity contribution in [2.75, 3.05) is 45.9 Å². The Hall–Kier alpha value is -2.38. The molecule has 0 saturated carbocycles. The minimum Gasteiger partial charge on any atom is -0.450 e. The fraction of sp³-hybridized carbons (Fsp3) is 0.565. The van der Waals surface area contributed by atoms with E-state index in [0.29, 0.717) is 12.6 Å². The predicted molar refractivity (Wildman–Crippen MR) is 117 cm³/mol. The summed E-state index contributed by atoms with van der Waals surface area (Å²) in [6.07, 6.45) is 6.20. The number of piperazine rings is 1. The van der Waals surface area contributed by atoms with Gasteiger partial charge in [0.25, 0.3) is 0 Å². The average molecular weight is 412 g/mol. The Morgan fingerprint density at radius 3 is 2.80 bits per heavy atom. The van der Waals surface area contributed by atoms with Gasteiger partial charge < -0.3 is 14.2 Å². The van der Waals surface area contributed by atoms with Crippen LogP contribution in [0.3, 0.4) is 0 Å². The molecule has 1 amide bonds. The van der Waals surface area contributed by atoms with Gasteiger partial charge in [0.2, 0.25) is 0 Å². The molecule has 3 heterocycles. The first-order valence-corrected chi connectivity index (χ1v) is 11.1. The second-order valence-electron chi connectivity index (χ2n) is 8.31. The third-order valence-electron chi connectivity index (χ3n) is 6.20. The molecule has 0 unspecified atom stereocenters. The van der Waals surface area contributed by atoms with E-state index in [1.807, 2.05) is 18.0 Å². The Morgan fingerprint density at radius 2 is 2.03 bits per heavy atom. The number of hydrogen-bond donors (Lipinski definition) is 0. The maximum Gasteiger partial charge on any atom is 0.409 e. The quantitative estimate of drug-likeness (QED) is 0.757. The molecule has 0 radical (unpaired) electrons. The lowest BCUT2D eigenvalue weighted by molar-refractivity contribution is 0.0406. The molecule has 4 rings (SSSR count). The van der Waals surface area contributed by atoms with Crippen molar-refractivity contribution in [2.45, 2.75) is 39.3 Å². The molecule has 2 aliphatic rings. The Morgan fingerprint density at radius 1 is 1.20 bits per heavy atom.